The van der Waals surface area contributed by atoms with Gasteiger partial charge in [0.15, 0.2) is 0 Å². The van der Waals surface area contributed by atoms with Crippen LogP contribution < -0.4 is 0 Å². The van der Waals surface area contributed by atoms with Gasteiger partial charge in [-0.3, -0.25) is 9.78 Å². The summed E-state index contributed by atoms with van der Waals surface area (Å²) in [6, 6.07) is 5.62. The second-order valence-corrected chi connectivity index (χ2v) is 6.96. The first kappa shape index (κ1) is 23.1. The number of nitrogens with zero attached hydrogens (tertiary/aromatic N) is 1. The minimum atomic E-state index is -0.119. The molecule has 0 amide bonds. The Hall–Kier alpha value is -1.90. The number of carbonyl (C=O) groups is 1. The lowest BCUT2D eigenvalue weighted by molar-refractivity contribution is -0.145. The normalized spacial score (nSPS) is 11.4. The molecule has 0 saturated heterocycles. The van der Waals surface area contributed by atoms with Crippen molar-refractivity contribution in [3.63, 3.8) is 0 Å². The maximum Gasteiger partial charge on any atom is 0.306 e. The summed E-state index contributed by atoms with van der Waals surface area (Å²) in [5.74, 6) is -0.119. The van der Waals surface area contributed by atoms with Gasteiger partial charge in [0.25, 0.3) is 0 Å². The smallest absolute Gasteiger partial charge is 0.306 e. The average molecular weight is 372 g/mol. The molecule has 0 N–H and O–H groups in total. The molecule has 3 heteroatoms. The first-order valence-corrected chi connectivity index (χ1v) is 10.7. The second kappa shape index (κ2) is 17.5. The molecule has 0 aromatic carbocycles. The molecule has 0 aliphatic rings. The molecule has 1 rings (SSSR count). The van der Waals surface area contributed by atoms with Gasteiger partial charge >= 0.3 is 5.97 Å². The van der Waals surface area contributed by atoms with Gasteiger partial charge in [-0.05, 0) is 50.7 Å². The summed E-state index contributed by atoms with van der Waals surface area (Å²) in [6.45, 7) is 2.52. The van der Waals surface area contributed by atoms with Crippen LogP contribution in [-0.2, 0) is 16.1 Å². The summed E-state index contributed by atoms with van der Waals surface area (Å²) in [5, 5.41) is 0. The Bertz CT molecular complexity index is 522. The molecule has 0 atom stereocenters. The van der Waals surface area contributed by atoms with E-state index in [-0.39, 0.29) is 12.6 Å². The lowest BCUT2D eigenvalue weighted by Crippen LogP contribution is -2.05. The SMILES string of the molecule is CCCCC/C=C\C/C=C\CCCCCCCC(=O)OCc1ccccn1. The number of esters is 1. The van der Waals surface area contributed by atoms with Crippen LogP contribution in [-0.4, -0.2) is 11.0 Å². The van der Waals surface area contributed by atoms with Crippen molar-refractivity contribution in [3.05, 3.63) is 54.4 Å². The van der Waals surface area contributed by atoms with Gasteiger partial charge in [-0.15, -0.1) is 0 Å². The van der Waals surface area contributed by atoms with Gasteiger partial charge in [-0.1, -0.05) is 69.4 Å². The Balaban J connectivity index is 1.85. The Morgan fingerprint density at radius 2 is 1.63 bits per heavy atom. The van der Waals surface area contributed by atoms with E-state index in [1.165, 1.54) is 44.9 Å². The molecule has 150 valence electrons. The van der Waals surface area contributed by atoms with Crippen LogP contribution in [0.1, 0.15) is 89.7 Å². The molecule has 0 aliphatic heterocycles. The van der Waals surface area contributed by atoms with Crippen molar-refractivity contribution in [1.29, 1.82) is 0 Å². The summed E-state index contributed by atoms with van der Waals surface area (Å²) < 4.78 is 5.23. The third-order valence-corrected chi connectivity index (χ3v) is 4.44. The molecule has 0 fully saturated rings. The van der Waals surface area contributed by atoms with Crippen molar-refractivity contribution in [2.75, 3.05) is 0 Å². The molecule has 0 unspecified atom stereocenters. The average Bonchev–Trinajstić information content (AvgIpc) is 2.70. The van der Waals surface area contributed by atoms with Crippen LogP contribution in [0.3, 0.4) is 0 Å². The number of carbonyl (C=O) groups excluding carboxylic acids is 1. The standard InChI is InChI=1S/C24H37NO2/c1-2-3-4-5-6-7-8-9-10-11-12-13-14-15-16-20-24(26)27-22-23-19-17-18-21-25-23/h6-7,9-10,17-19,21H,2-5,8,11-16,20,22H2,1H3/b7-6-,10-9-. The number of allylic oxidation sites excluding steroid dienone is 4. The quantitative estimate of drug-likeness (QED) is 0.179. The lowest BCUT2D eigenvalue weighted by atomic mass is 10.1. The van der Waals surface area contributed by atoms with Crippen LogP contribution >= 0.6 is 0 Å². The molecule has 0 spiro atoms. The van der Waals surface area contributed by atoms with E-state index in [2.05, 4.69) is 36.2 Å². The van der Waals surface area contributed by atoms with Gasteiger partial charge in [0.2, 0.25) is 0 Å². The van der Waals surface area contributed by atoms with Crippen LogP contribution in [0.15, 0.2) is 48.7 Å². The van der Waals surface area contributed by atoms with E-state index in [1.54, 1.807) is 6.20 Å². The van der Waals surface area contributed by atoms with E-state index < -0.39 is 0 Å². The molecule has 1 heterocycles. The number of rotatable bonds is 16. The van der Waals surface area contributed by atoms with Crippen molar-refractivity contribution in [2.24, 2.45) is 0 Å². The van der Waals surface area contributed by atoms with E-state index in [9.17, 15) is 4.79 Å². The highest BCUT2D eigenvalue weighted by atomic mass is 16.5. The van der Waals surface area contributed by atoms with Gasteiger partial charge in [-0.25, -0.2) is 0 Å². The fourth-order valence-electron chi connectivity index (χ4n) is 2.79. The van der Waals surface area contributed by atoms with E-state index in [0.29, 0.717) is 6.42 Å². The Kier molecular flexibility index (Phi) is 15.0. The van der Waals surface area contributed by atoms with E-state index >= 15 is 0 Å². The third kappa shape index (κ3) is 14.9. The van der Waals surface area contributed by atoms with Crippen molar-refractivity contribution in [3.8, 4) is 0 Å². The monoisotopic (exact) mass is 371 g/mol. The van der Waals surface area contributed by atoms with Crippen molar-refractivity contribution < 1.29 is 9.53 Å². The highest BCUT2D eigenvalue weighted by molar-refractivity contribution is 5.69. The van der Waals surface area contributed by atoms with Gasteiger partial charge < -0.3 is 4.74 Å². The number of unbranched alkanes of at least 4 members (excludes halogenated alkanes) is 8. The fourth-order valence-corrected chi connectivity index (χ4v) is 2.79. The molecule has 1 aromatic heterocycles. The maximum atomic E-state index is 11.7. The third-order valence-electron chi connectivity index (χ3n) is 4.44. The van der Waals surface area contributed by atoms with Crippen LogP contribution in [0.25, 0.3) is 0 Å². The van der Waals surface area contributed by atoms with Gasteiger partial charge in [0.05, 0.1) is 5.69 Å². The lowest BCUT2D eigenvalue weighted by Gasteiger charge is -2.04. The second-order valence-electron chi connectivity index (χ2n) is 6.96. The van der Waals surface area contributed by atoms with E-state index in [1.807, 2.05) is 18.2 Å². The van der Waals surface area contributed by atoms with Gasteiger partial charge in [0, 0.05) is 12.6 Å². The summed E-state index contributed by atoms with van der Waals surface area (Å²) in [5.41, 5.74) is 0.797. The number of hydrogen-bond acceptors (Lipinski definition) is 3. The fraction of sp³-hybridized carbons (Fsp3) is 0.583. The van der Waals surface area contributed by atoms with Crippen LogP contribution in [0.2, 0.25) is 0 Å². The van der Waals surface area contributed by atoms with Gasteiger partial charge in [-0.2, -0.15) is 0 Å². The summed E-state index contributed by atoms with van der Waals surface area (Å²) in [6.07, 6.45) is 24.5. The van der Waals surface area contributed by atoms with Crippen LogP contribution in [0, 0.1) is 0 Å². The molecule has 0 saturated carbocycles. The zero-order chi connectivity index (χ0) is 19.4. The molecule has 1 aromatic rings. The first-order valence-electron chi connectivity index (χ1n) is 10.7. The van der Waals surface area contributed by atoms with Gasteiger partial charge in [0.1, 0.15) is 6.61 Å². The molecule has 27 heavy (non-hydrogen) atoms. The molecule has 0 bridgehead atoms. The Labute approximate surface area is 165 Å². The maximum absolute atomic E-state index is 11.7. The number of ether oxygens (including phenoxy) is 1. The molecular formula is C24H37NO2. The first-order chi connectivity index (χ1) is 13.3. The number of hydrogen-bond donors (Lipinski definition) is 0. The zero-order valence-electron chi connectivity index (χ0n) is 17.1. The Morgan fingerprint density at radius 3 is 2.33 bits per heavy atom. The van der Waals surface area contributed by atoms with Crippen molar-refractivity contribution in [2.45, 2.75) is 90.6 Å². The predicted molar refractivity (Wildman–Crippen MR) is 113 cm³/mol. The number of aromatic nitrogens is 1. The van der Waals surface area contributed by atoms with Crippen LogP contribution in [0.5, 0.6) is 0 Å². The molecule has 0 radical (unpaired) electrons. The number of pyridine rings is 1. The zero-order valence-corrected chi connectivity index (χ0v) is 17.1. The molecule has 3 nitrogen and oxygen atoms in total. The largest absolute Gasteiger partial charge is 0.459 e. The highest BCUT2D eigenvalue weighted by Crippen LogP contribution is 2.09. The van der Waals surface area contributed by atoms with Crippen molar-refractivity contribution >= 4 is 5.97 Å². The molecular weight excluding hydrogens is 334 g/mol. The minimum Gasteiger partial charge on any atom is -0.459 e. The summed E-state index contributed by atoms with van der Waals surface area (Å²) in [4.78, 5) is 15.8. The minimum absolute atomic E-state index is 0.119. The predicted octanol–water partition coefficient (Wildman–Crippen LogP) is 6.94. The summed E-state index contributed by atoms with van der Waals surface area (Å²) in [7, 11) is 0. The molecule has 0 aliphatic carbocycles. The topological polar surface area (TPSA) is 39.2 Å². The van der Waals surface area contributed by atoms with E-state index in [0.717, 1.165) is 31.4 Å². The summed E-state index contributed by atoms with van der Waals surface area (Å²) >= 11 is 0. The van der Waals surface area contributed by atoms with Crippen LogP contribution in [0.4, 0.5) is 0 Å². The van der Waals surface area contributed by atoms with Crippen molar-refractivity contribution in [1.82, 2.24) is 4.98 Å². The Morgan fingerprint density at radius 1 is 0.926 bits per heavy atom. The van der Waals surface area contributed by atoms with E-state index in [4.69, 9.17) is 4.74 Å². The highest BCUT2D eigenvalue weighted by Gasteiger charge is 2.03.